The fraction of sp³-hybridized carbons (Fsp3) is 0.222. The number of aryl methyl sites for hydroxylation is 1. The first-order valence-electron chi connectivity index (χ1n) is 11.3. The first kappa shape index (κ1) is 24.1. The Morgan fingerprint density at radius 3 is 2.49 bits per heavy atom. The van der Waals surface area contributed by atoms with Crippen molar-refractivity contribution in [3.8, 4) is 5.69 Å². The zero-order chi connectivity index (χ0) is 24.9. The van der Waals surface area contributed by atoms with E-state index in [0.717, 1.165) is 5.56 Å². The van der Waals surface area contributed by atoms with Crippen LogP contribution in [0.4, 0.5) is 14.9 Å². The summed E-state index contributed by atoms with van der Waals surface area (Å²) in [7, 11) is 1.56. The van der Waals surface area contributed by atoms with Gasteiger partial charge in [-0.15, -0.1) is 0 Å². The molecule has 0 saturated heterocycles. The van der Waals surface area contributed by atoms with Crippen LogP contribution >= 0.6 is 0 Å². The molecule has 1 N–H and O–H groups in total. The smallest absolute Gasteiger partial charge is 0.322 e. The van der Waals surface area contributed by atoms with Crippen LogP contribution in [0.25, 0.3) is 16.6 Å². The lowest BCUT2D eigenvalue weighted by molar-refractivity contribution is 0.137. The first-order chi connectivity index (χ1) is 16.9. The first-order valence-corrected chi connectivity index (χ1v) is 11.3. The van der Waals surface area contributed by atoms with Crippen molar-refractivity contribution < 1.29 is 13.9 Å². The number of amides is 2. The second-order valence-corrected chi connectivity index (χ2v) is 8.21. The van der Waals surface area contributed by atoms with Gasteiger partial charge in [0.2, 0.25) is 0 Å². The fourth-order valence-corrected chi connectivity index (χ4v) is 3.97. The van der Waals surface area contributed by atoms with Crippen molar-refractivity contribution in [3.63, 3.8) is 0 Å². The highest BCUT2D eigenvalue weighted by Crippen LogP contribution is 2.24. The van der Waals surface area contributed by atoms with E-state index >= 15 is 0 Å². The number of benzene rings is 3. The summed E-state index contributed by atoms with van der Waals surface area (Å²) in [6.45, 7) is 4.28. The van der Waals surface area contributed by atoms with Crippen LogP contribution in [0.15, 0.2) is 77.6 Å². The predicted molar refractivity (Wildman–Crippen MR) is 134 cm³/mol. The molecule has 0 aliphatic heterocycles. The lowest BCUT2D eigenvalue weighted by Gasteiger charge is -2.30. The summed E-state index contributed by atoms with van der Waals surface area (Å²) in [5.41, 5.74) is 2.29. The van der Waals surface area contributed by atoms with Crippen molar-refractivity contribution in [3.05, 3.63) is 100 Å². The number of nitrogens with one attached hydrogen (secondary N) is 1. The van der Waals surface area contributed by atoms with Crippen molar-refractivity contribution >= 4 is 22.6 Å². The second kappa shape index (κ2) is 10.5. The third-order valence-corrected chi connectivity index (χ3v) is 5.91. The molecule has 0 fully saturated rings. The number of carbonyl (C=O) groups excluding carboxylic acids is 1. The Morgan fingerprint density at radius 2 is 1.77 bits per heavy atom. The van der Waals surface area contributed by atoms with E-state index in [4.69, 9.17) is 9.72 Å². The number of rotatable bonds is 7. The van der Waals surface area contributed by atoms with Gasteiger partial charge in [-0.3, -0.25) is 9.36 Å². The Morgan fingerprint density at radius 1 is 1.09 bits per heavy atom. The van der Waals surface area contributed by atoms with Crippen molar-refractivity contribution in [2.45, 2.75) is 19.9 Å². The van der Waals surface area contributed by atoms with E-state index in [2.05, 4.69) is 5.32 Å². The second-order valence-electron chi connectivity index (χ2n) is 8.21. The topological polar surface area (TPSA) is 76.5 Å². The van der Waals surface area contributed by atoms with Gasteiger partial charge in [0.1, 0.15) is 11.6 Å². The number of carbonyl (C=O) groups is 1. The Balaban J connectivity index is 1.83. The van der Waals surface area contributed by atoms with Crippen LogP contribution in [0.5, 0.6) is 0 Å². The van der Waals surface area contributed by atoms with E-state index < -0.39 is 11.9 Å². The van der Waals surface area contributed by atoms with E-state index in [1.54, 1.807) is 36.3 Å². The summed E-state index contributed by atoms with van der Waals surface area (Å²) in [6.07, 6.45) is 0. The van der Waals surface area contributed by atoms with Gasteiger partial charge in [-0.1, -0.05) is 30.3 Å². The van der Waals surface area contributed by atoms with Crippen LogP contribution in [0, 0.1) is 12.7 Å². The number of halogens is 1. The molecule has 7 nitrogen and oxygen atoms in total. The lowest BCUT2D eigenvalue weighted by Crippen LogP contribution is -2.41. The molecule has 35 heavy (non-hydrogen) atoms. The van der Waals surface area contributed by atoms with Gasteiger partial charge in [0.25, 0.3) is 5.56 Å². The number of ether oxygens (including phenoxy) is 1. The Hall–Kier alpha value is -4.04. The van der Waals surface area contributed by atoms with Crippen molar-refractivity contribution in [1.82, 2.24) is 14.5 Å². The third kappa shape index (κ3) is 5.07. The largest absolute Gasteiger partial charge is 0.383 e. The van der Waals surface area contributed by atoms with Gasteiger partial charge in [0, 0.05) is 19.3 Å². The average Bonchev–Trinajstić information content (AvgIpc) is 2.86. The van der Waals surface area contributed by atoms with Gasteiger partial charge < -0.3 is 15.0 Å². The summed E-state index contributed by atoms with van der Waals surface area (Å²) >= 11 is 0. The Kier molecular flexibility index (Phi) is 7.22. The molecular formula is C27H27FN4O3. The molecular weight excluding hydrogens is 447 g/mol. The number of fused-ring (bicyclic) bond motifs is 1. The van der Waals surface area contributed by atoms with E-state index in [1.165, 1.54) is 28.8 Å². The molecule has 8 heteroatoms. The number of hydrogen-bond acceptors (Lipinski definition) is 4. The van der Waals surface area contributed by atoms with E-state index in [9.17, 15) is 14.0 Å². The van der Waals surface area contributed by atoms with Crippen LogP contribution < -0.4 is 10.9 Å². The summed E-state index contributed by atoms with van der Waals surface area (Å²) in [5, 5.41) is 3.39. The Labute approximate surface area is 202 Å². The third-order valence-electron chi connectivity index (χ3n) is 5.91. The van der Waals surface area contributed by atoms with Gasteiger partial charge in [0.05, 0.1) is 29.2 Å². The number of nitrogens with zero attached hydrogens (tertiary/aromatic N) is 3. The van der Waals surface area contributed by atoms with Crippen molar-refractivity contribution in [2.24, 2.45) is 0 Å². The van der Waals surface area contributed by atoms with Gasteiger partial charge in [0.15, 0.2) is 0 Å². The highest BCUT2D eigenvalue weighted by molar-refractivity contribution is 5.90. The molecule has 0 radical (unpaired) electrons. The molecule has 3 aromatic carbocycles. The number of aromatic nitrogens is 2. The molecule has 0 aliphatic rings. The van der Waals surface area contributed by atoms with Crippen molar-refractivity contribution in [2.75, 3.05) is 25.6 Å². The monoisotopic (exact) mass is 474 g/mol. The summed E-state index contributed by atoms with van der Waals surface area (Å²) < 4.78 is 20.3. The molecule has 180 valence electrons. The summed E-state index contributed by atoms with van der Waals surface area (Å²) in [4.78, 5) is 33.3. The maximum atomic E-state index is 13.7. The minimum Gasteiger partial charge on any atom is -0.383 e. The molecule has 4 aromatic rings. The number of hydrogen-bond donors (Lipinski definition) is 1. The number of para-hydroxylation sites is 2. The molecule has 1 unspecified atom stereocenters. The van der Waals surface area contributed by atoms with Crippen molar-refractivity contribution in [1.29, 1.82) is 0 Å². The molecule has 1 heterocycles. The molecule has 0 spiro atoms. The zero-order valence-electron chi connectivity index (χ0n) is 19.9. The Bertz CT molecular complexity index is 1400. The molecule has 0 aliphatic carbocycles. The fourth-order valence-electron chi connectivity index (χ4n) is 3.97. The van der Waals surface area contributed by atoms with Crippen LogP contribution in [0.2, 0.25) is 0 Å². The van der Waals surface area contributed by atoms with Gasteiger partial charge in [-0.2, -0.15) is 0 Å². The van der Waals surface area contributed by atoms with Gasteiger partial charge >= 0.3 is 6.03 Å². The van der Waals surface area contributed by atoms with Crippen LogP contribution in [0.1, 0.15) is 24.4 Å². The number of methoxy groups -OCH3 is 1. The minimum absolute atomic E-state index is 0.265. The van der Waals surface area contributed by atoms with Crippen LogP contribution in [-0.4, -0.2) is 40.7 Å². The van der Waals surface area contributed by atoms with Gasteiger partial charge in [-0.05, 0) is 61.9 Å². The average molecular weight is 475 g/mol. The standard InChI is InChI=1S/C27H27FN4O3/c1-18-8-4-6-10-23(18)30-27(34)31(16-17-35-3)19(2)25-29-24-11-7-5-9-22(24)26(33)32(25)21-14-12-20(28)13-15-21/h4-15,19H,16-17H2,1-3H3,(H,30,34). The van der Waals surface area contributed by atoms with Gasteiger partial charge in [-0.25, -0.2) is 14.2 Å². The molecule has 1 aromatic heterocycles. The normalized spacial score (nSPS) is 11.9. The molecule has 1 atom stereocenters. The number of anilines is 1. The minimum atomic E-state index is -0.614. The molecule has 0 saturated carbocycles. The highest BCUT2D eigenvalue weighted by Gasteiger charge is 2.27. The number of urea groups is 1. The van der Waals surface area contributed by atoms with Crippen LogP contribution in [-0.2, 0) is 4.74 Å². The summed E-state index contributed by atoms with van der Waals surface area (Å²) in [5.74, 6) is -0.0548. The lowest BCUT2D eigenvalue weighted by atomic mass is 10.1. The van der Waals surface area contributed by atoms with E-state index in [-0.39, 0.29) is 18.1 Å². The zero-order valence-corrected chi connectivity index (χ0v) is 19.9. The molecule has 4 rings (SSSR count). The molecule has 0 bridgehead atoms. The quantitative estimate of drug-likeness (QED) is 0.406. The summed E-state index contributed by atoms with van der Waals surface area (Å²) in [6, 6.07) is 19.2. The van der Waals surface area contributed by atoms with Crippen LogP contribution in [0.3, 0.4) is 0 Å². The predicted octanol–water partition coefficient (Wildman–Crippen LogP) is 5.07. The molecule has 2 amide bonds. The van der Waals surface area contributed by atoms with E-state index in [0.29, 0.717) is 34.7 Å². The maximum Gasteiger partial charge on any atom is 0.322 e. The maximum absolute atomic E-state index is 13.7. The van der Waals surface area contributed by atoms with E-state index in [1.807, 2.05) is 38.1 Å². The SMILES string of the molecule is COCCN(C(=O)Nc1ccccc1C)C(C)c1nc2ccccc2c(=O)n1-c1ccc(F)cc1. The highest BCUT2D eigenvalue weighted by atomic mass is 19.1.